The zero-order valence-corrected chi connectivity index (χ0v) is 11.1. The fourth-order valence-electron chi connectivity index (χ4n) is 1.76. The summed E-state index contributed by atoms with van der Waals surface area (Å²) >= 11 is 0. The Morgan fingerprint density at radius 2 is 1.65 bits per heavy atom. The summed E-state index contributed by atoms with van der Waals surface area (Å²) < 4.78 is 9.67. The zero-order valence-electron chi connectivity index (χ0n) is 11.1. The molecule has 0 N–H and O–H groups in total. The predicted octanol–water partition coefficient (Wildman–Crippen LogP) is 2.11. The van der Waals surface area contributed by atoms with Gasteiger partial charge in [-0.1, -0.05) is 12.1 Å². The van der Waals surface area contributed by atoms with Gasteiger partial charge in [0.25, 0.3) is 0 Å². The van der Waals surface area contributed by atoms with Crippen LogP contribution in [0.25, 0.3) is 0 Å². The van der Waals surface area contributed by atoms with Crippen molar-refractivity contribution < 1.29 is 19.1 Å². The van der Waals surface area contributed by atoms with Crippen LogP contribution in [-0.2, 0) is 4.74 Å². The average Bonchev–Trinajstić information content (AvgIpc) is 2.53. The van der Waals surface area contributed by atoms with E-state index in [4.69, 9.17) is 4.74 Å². The van der Waals surface area contributed by atoms with E-state index >= 15 is 0 Å². The molecule has 2 rings (SSSR count). The third-order valence-corrected chi connectivity index (χ3v) is 2.78. The molecule has 0 aliphatic heterocycles. The maximum absolute atomic E-state index is 12.3. The minimum absolute atomic E-state index is 0.216. The van der Waals surface area contributed by atoms with E-state index < -0.39 is 5.97 Å². The smallest absolute Gasteiger partial charge is 0.337 e. The van der Waals surface area contributed by atoms with Gasteiger partial charge >= 0.3 is 5.97 Å². The van der Waals surface area contributed by atoms with Crippen LogP contribution in [0, 0.1) is 0 Å². The van der Waals surface area contributed by atoms with Gasteiger partial charge in [-0.2, -0.15) is 0 Å². The quantitative estimate of drug-likeness (QED) is 0.629. The highest BCUT2D eigenvalue weighted by atomic mass is 16.5. The van der Waals surface area contributed by atoms with Crippen LogP contribution >= 0.6 is 0 Å². The van der Waals surface area contributed by atoms with Gasteiger partial charge in [-0.25, -0.2) is 9.78 Å². The number of aromatic nitrogens is 1. The number of pyridine rings is 1. The van der Waals surface area contributed by atoms with Crippen molar-refractivity contribution in [3.05, 3.63) is 59.3 Å². The van der Waals surface area contributed by atoms with Gasteiger partial charge in [0.1, 0.15) is 0 Å². The summed E-state index contributed by atoms with van der Waals surface area (Å²) in [6, 6.07) is 9.53. The van der Waals surface area contributed by atoms with E-state index in [0.717, 1.165) is 0 Å². The molecule has 0 radical (unpaired) electrons. The number of nitrogens with zero attached hydrogens (tertiary/aromatic N) is 1. The summed E-state index contributed by atoms with van der Waals surface area (Å²) in [7, 11) is 2.77. The molecule has 1 aromatic carbocycles. The minimum Gasteiger partial charge on any atom is -0.480 e. The number of carbonyl (C=O) groups excluding carboxylic acids is 2. The van der Waals surface area contributed by atoms with Crippen molar-refractivity contribution in [2.24, 2.45) is 0 Å². The van der Waals surface area contributed by atoms with Gasteiger partial charge in [-0.15, -0.1) is 0 Å². The Labute approximate surface area is 116 Å². The highest BCUT2D eigenvalue weighted by Crippen LogP contribution is 2.18. The highest BCUT2D eigenvalue weighted by Gasteiger charge is 2.15. The second-order valence-electron chi connectivity index (χ2n) is 3.96. The summed E-state index contributed by atoms with van der Waals surface area (Å²) in [6.07, 6.45) is 1.55. The standard InChI is InChI=1S/C15H13NO4/c1-19-14-12(4-3-9-16-14)13(17)10-5-7-11(8-6-10)15(18)20-2/h3-9H,1-2H3. The molecule has 1 heterocycles. The van der Waals surface area contributed by atoms with Crippen molar-refractivity contribution in [1.82, 2.24) is 4.98 Å². The fourth-order valence-corrected chi connectivity index (χ4v) is 1.76. The molecule has 0 saturated carbocycles. The Morgan fingerprint density at radius 3 is 2.25 bits per heavy atom. The number of carbonyl (C=O) groups is 2. The summed E-state index contributed by atoms with van der Waals surface area (Å²) in [6.45, 7) is 0. The first kappa shape index (κ1) is 13.7. The molecule has 0 aliphatic rings. The summed E-state index contributed by atoms with van der Waals surface area (Å²) in [4.78, 5) is 27.7. The average molecular weight is 271 g/mol. The van der Waals surface area contributed by atoms with Crippen molar-refractivity contribution in [3.8, 4) is 5.88 Å². The Balaban J connectivity index is 2.32. The van der Waals surface area contributed by atoms with Gasteiger partial charge in [-0.3, -0.25) is 4.79 Å². The van der Waals surface area contributed by atoms with Gasteiger partial charge in [-0.05, 0) is 24.3 Å². The number of benzene rings is 1. The third-order valence-electron chi connectivity index (χ3n) is 2.78. The van der Waals surface area contributed by atoms with E-state index in [-0.39, 0.29) is 11.7 Å². The van der Waals surface area contributed by atoms with E-state index in [0.29, 0.717) is 16.7 Å². The molecule has 0 aliphatic carbocycles. The van der Waals surface area contributed by atoms with Crippen LogP contribution in [0.4, 0.5) is 0 Å². The van der Waals surface area contributed by atoms with E-state index in [1.807, 2.05) is 0 Å². The van der Waals surface area contributed by atoms with Crippen molar-refractivity contribution in [2.75, 3.05) is 14.2 Å². The molecule has 1 aromatic heterocycles. The van der Waals surface area contributed by atoms with Crippen LogP contribution in [-0.4, -0.2) is 31.0 Å². The molecular weight excluding hydrogens is 258 g/mol. The lowest BCUT2D eigenvalue weighted by atomic mass is 10.0. The molecule has 2 aromatic rings. The van der Waals surface area contributed by atoms with Crippen LogP contribution in [0.2, 0.25) is 0 Å². The van der Waals surface area contributed by atoms with Crippen LogP contribution < -0.4 is 4.74 Å². The lowest BCUT2D eigenvalue weighted by Gasteiger charge is -2.06. The monoisotopic (exact) mass is 271 g/mol. The maximum Gasteiger partial charge on any atom is 0.337 e. The summed E-state index contributed by atoms with van der Waals surface area (Å²) in [5, 5.41) is 0. The molecule has 5 heteroatoms. The Kier molecular flexibility index (Phi) is 4.10. The lowest BCUT2D eigenvalue weighted by molar-refractivity contribution is 0.0600. The molecular formula is C15H13NO4. The zero-order chi connectivity index (χ0) is 14.5. The molecule has 0 saturated heterocycles. The molecule has 0 unspecified atom stereocenters. The second-order valence-corrected chi connectivity index (χ2v) is 3.96. The predicted molar refractivity (Wildman–Crippen MR) is 72.0 cm³/mol. The number of hydrogen-bond donors (Lipinski definition) is 0. The molecule has 0 fully saturated rings. The lowest BCUT2D eigenvalue weighted by Crippen LogP contribution is -2.06. The van der Waals surface area contributed by atoms with Crippen molar-refractivity contribution in [1.29, 1.82) is 0 Å². The van der Waals surface area contributed by atoms with Gasteiger partial charge in [0, 0.05) is 11.8 Å². The summed E-state index contributed by atoms with van der Waals surface area (Å²) in [5.74, 6) is -0.385. The molecule has 0 spiro atoms. The van der Waals surface area contributed by atoms with E-state index in [2.05, 4.69) is 9.72 Å². The SMILES string of the molecule is COC(=O)c1ccc(C(=O)c2cccnc2OC)cc1. The Bertz CT molecular complexity index is 635. The summed E-state index contributed by atoms with van der Waals surface area (Å²) in [5.41, 5.74) is 1.21. The number of ether oxygens (including phenoxy) is 2. The molecule has 0 bridgehead atoms. The van der Waals surface area contributed by atoms with Crippen molar-refractivity contribution in [3.63, 3.8) is 0 Å². The van der Waals surface area contributed by atoms with Gasteiger partial charge < -0.3 is 9.47 Å². The molecule has 0 atom stereocenters. The fraction of sp³-hybridized carbons (Fsp3) is 0.133. The number of hydrogen-bond acceptors (Lipinski definition) is 5. The second kappa shape index (κ2) is 5.97. The third kappa shape index (κ3) is 2.66. The topological polar surface area (TPSA) is 65.5 Å². The first-order chi connectivity index (χ1) is 9.67. The van der Waals surface area contributed by atoms with Gasteiger partial charge in [0.05, 0.1) is 25.3 Å². The normalized spacial score (nSPS) is 9.90. The van der Waals surface area contributed by atoms with Gasteiger partial charge in [0.2, 0.25) is 5.88 Å². The molecule has 20 heavy (non-hydrogen) atoms. The molecule has 5 nitrogen and oxygen atoms in total. The van der Waals surface area contributed by atoms with E-state index in [1.165, 1.54) is 14.2 Å². The highest BCUT2D eigenvalue weighted by molar-refractivity contribution is 6.10. The van der Waals surface area contributed by atoms with Crippen molar-refractivity contribution >= 4 is 11.8 Å². The van der Waals surface area contributed by atoms with Crippen molar-refractivity contribution in [2.45, 2.75) is 0 Å². The van der Waals surface area contributed by atoms with Crippen LogP contribution in [0.15, 0.2) is 42.6 Å². The first-order valence-corrected chi connectivity index (χ1v) is 5.89. The number of rotatable bonds is 4. The molecule has 102 valence electrons. The van der Waals surface area contributed by atoms with Crippen LogP contribution in [0.3, 0.4) is 0 Å². The first-order valence-electron chi connectivity index (χ1n) is 5.89. The maximum atomic E-state index is 12.3. The van der Waals surface area contributed by atoms with Gasteiger partial charge in [0.15, 0.2) is 5.78 Å². The minimum atomic E-state index is -0.442. The van der Waals surface area contributed by atoms with Crippen LogP contribution in [0.5, 0.6) is 5.88 Å². The Morgan fingerprint density at radius 1 is 1.00 bits per heavy atom. The van der Waals surface area contributed by atoms with Crippen LogP contribution in [0.1, 0.15) is 26.3 Å². The number of ketones is 1. The van der Waals surface area contributed by atoms with E-state index in [1.54, 1.807) is 42.6 Å². The number of methoxy groups -OCH3 is 2. The molecule has 0 amide bonds. The Hall–Kier alpha value is -2.69. The van der Waals surface area contributed by atoms with E-state index in [9.17, 15) is 9.59 Å². The number of esters is 1. The largest absolute Gasteiger partial charge is 0.480 e.